The van der Waals surface area contributed by atoms with Crippen molar-refractivity contribution in [1.82, 2.24) is 14.7 Å². The normalized spacial score (nSPS) is 18.7. The van der Waals surface area contributed by atoms with Crippen molar-refractivity contribution in [1.29, 1.82) is 0 Å². The molecule has 1 amide bonds. The molecular formula is C13H16Br2N4O2. The molecule has 2 heterocycles. The summed E-state index contributed by atoms with van der Waals surface area (Å²) in [7, 11) is 0. The molecular weight excluding hydrogens is 404 g/mol. The number of nitrogens with zero attached hydrogens (tertiary/aromatic N) is 4. The zero-order valence-corrected chi connectivity index (χ0v) is 15.2. The molecule has 2 rings (SSSR count). The minimum atomic E-state index is -0.498. The Morgan fingerprint density at radius 1 is 1.48 bits per heavy atom. The molecule has 0 bridgehead atoms. The van der Waals surface area contributed by atoms with Gasteiger partial charge in [-0.25, -0.2) is 9.64 Å². The Balaban J connectivity index is 2.10. The van der Waals surface area contributed by atoms with Gasteiger partial charge in [0.25, 0.3) is 5.69 Å². The van der Waals surface area contributed by atoms with Crippen LogP contribution in [0.4, 0.5) is 10.5 Å². The molecule has 0 aromatic carbocycles. The Bertz CT molecular complexity index is 601. The Morgan fingerprint density at radius 2 is 2.14 bits per heavy atom. The van der Waals surface area contributed by atoms with Gasteiger partial charge in [-0.3, -0.25) is 4.68 Å². The molecule has 1 saturated heterocycles. The van der Waals surface area contributed by atoms with Gasteiger partial charge in [0, 0.05) is 13.1 Å². The molecule has 8 heteroatoms. The molecule has 0 unspecified atom stereocenters. The zero-order chi connectivity index (χ0) is 15.8. The molecule has 1 atom stereocenters. The van der Waals surface area contributed by atoms with Gasteiger partial charge in [-0.15, -0.1) is 0 Å². The summed E-state index contributed by atoms with van der Waals surface area (Å²) in [6, 6.07) is 0.0405. The van der Waals surface area contributed by atoms with E-state index in [4.69, 9.17) is 11.3 Å². The smallest absolute Gasteiger partial charge is 0.410 e. The average molecular weight is 420 g/mol. The van der Waals surface area contributed by atoms with Crippen molar-refractivity contribution in [3.05, 3.63) is 20.6 Å². The van der Waals surface area contributed by atoms with E-state index < -0.39 is 5.60 Å². The molecule has 0 N–H and O–H groups in total. The third-order valence-electron chi connectivity index (χ3n) is 3.06. The molecule has 6 nitrogen and oxygen atoms in total. The van der Waals surface area contributed by atoms with Crippen molar-refractivity contribution < 1.29 is 9.53 Å². The van der Waals surface area contributed by atoms with E-state index in [1.165, 1.54) is 0 Å². The van der Waals surface area contributed by atoms with E-state index in [9.17, 15) is 4.79 Å². The van der Waals surface area contributed by atoms with Crippen molar-refractivity contribution in [2.45, 2.75) is 38.8 Å². The Hall–Kier alpha value is -1.07. The number of aromatic nitrogens is 2. The molecule has 1 aromatic rings. The van der Waals surface area contributed by atoms with Gasteiger partial charge in [0.05, 0.1) is 12.6 Å². The van der Waals surface area contributed by atoms with Gasteiger partial charge in [-0.05, 0) is 59.1 Å². The topological polar surface area (TPSA) is 51.7 Å². The van der Waals surface area contributed by atoms with Crippen LogP contribution in [0.15, 0.2) is 9.21 Å². The number of hydrogen-bond donors (Lipinski definition) is 0. The summed E-state index contributed by atoms with van der Waals surface area (Å²) in [4.78, 5) is 17.2. The van der Waals surface area contributed by atoms with Crippen LogP contribution in [0.3, 0.4) is 0 Å². The zero-order valence-electron chi connectivity index (χ0n) is 12.1. The van der Waals surface area contributed by atoms with Crippen LogP contribution in [0, 0.1) is 6.57 Å². The lowest BCUT2D eigenvalue weighted by molar-refractivity contribution is 0.0288. The van der Waals surface area contributed by atoms with Crippen LogP contribution in [0.1, 0.15) is 33.2 Å². The maximum atomic E-state index is 12.1. The number of halogens is 2. The summed E-state index contributed by atoms with van der Waals surface area (Å²) < 4.78 is 8.28. The van der Waals surface area contributed by atoms with Gasteiger partial charge < -0.3 is 9.64 Å². The van der Waals surface area contributed by atoms with E-state index in [1.54, 1.807) is 9.58 Å². The van der Waals surface area contributed by atoms with Crippen LogP contribution in [0.5, 0.6) is 0 Å². The highest BCUT2D eigenvalue weighted by molar-refractivity contribution is 9.11. The second-order valence-electron chi connectivity index (χ2n) is 5.86. The second-order valence-corrected chi connectivity index (χ2v) is 7.36. The molecule has 1 aliphatic heterocycles. The third kappa shape index (κ3) is 3.58. The first kappa shape index (κ1) is 16.3. The van der Waals surface area contributed by atoms with Crippen LogP contribution in [0.25, 0.3) is 4.85 Å². The number of hydrogen-bond acceptors (Lipinski definition) is 3. The number of likely N-dealkylation sites (tertiary alicyclic amines) is 1. The Labute approximate surface area is 140 Å². The molecule has 1 aliphatic rings. The van der Waals surface area contributed by atoms with E-state index in [2.05, 4.69) is 41.8 Å². The van der Waals surface area contributed by atoms with Crippen LogP contribution in [-0.2, 0) is 4.74 Å². The fourth-order valence-electron chi connectivity index (χ4n) is 2.15. The number of rotatable bonds is 1. The average Bonchev–Trinajstić information content (AvgIpc) is 2.92. The van der Waals surface area contributed by atoms with Crippen molar-refractivity contribution >= 4 is 43.6 Å². The van der Waals surface area contributed by atoms with E-state index in [-0.39, 0.29) is 12.1 Å². The lowest BCUT2D eigenvalue weighted by Gasteiger charge is -2.24. The molecule has 21 heavy (non-hydrogen) atoms. The van der Waals surface area contributed by atoms with E-state index in [0.717, 1.165) is 6.42 Å². The number of amides is 1. The van der Waals surface area contributed by atoms with Crippen molar-refractivity contribution in [2.75, 3.05) is 13.1 Å². The van der Waals surface area contributed by atoms with E-state index in [1.807, 2.05) is 20.8 Å². The summed E-state index contributed by atoms with van der Waals surface area (Å²) in [6.07, 6.45) is 0.474. The molecule has 0 spiro atoms. The molecule has 0 radical (unpaired) electrons. The highest BCUT2D eigenvalue weighted by Crippen LogP contribution is 2.37. The molecule has 1 fully saturated rings. The summed E-state index contributed by atoms with van der Waals surface area (Å²) in [6.45, 7) is 13.8. The highest BCUT2D eigenvalue weighted by Gasteiger charge is 2.32. The largest absolute Gasteiger partial charge is 0.444 e. The Kier molecular flexibility index (Phi) is 4.63. The first-order chi connectivity index (χ1) is 9.73. The molecule has 0 saturated carbocycles. The van der Waals surface area contributed by atoms with Crippen LogP contribution < -0.4 is 0 Å². The van der Waals surface area contributed by atoms with Crippen LogP contribution in [-0.4, -0.2) is 39.5 Å². The minimum absolute atomic E-state index is 0.0405. The standard InChI is InChI=1S/C13H16Br2N4O2/c1-13(2,3)21-12(20)18-6-5-8(7-18)19-11(15)9(16-4)10(14)17-19/h8H,5-7H2,1-3H3/t8-/m0/s1. The van der Waals surface area contributed by atoms with Crippen molar-refractivity contribution in [3.8, 4) is 0 Å². The summed E-state index contributed by atoms with van der Waals surface area (Å²) in [5.41, 5.74) is -0.0485. The van der Waals surface area contributed by atoms with Gasteiger partial charge in [-0.2, -0.15) is 5.10 Å². The SMILES string of the molecule is [C-]#[N+]c1c(Br)nn([C@H]2CCN(C(=O)OC(C)(C)C)C2)c1Br. The van der Waals surface area contributed by atoms with Crippen molar-refractivity contribution in [2.24, 2.45) is 0 Å². The van der Waals surface area contributed by atoms with Crippen LogP contribution >= 0.6 is 31.9 Å². The maximum absolute atomic E-state index is 12.1. The highest BCUT2D eigenvalue weighted by atomic mass is 79.9. The second kappa shape index (κ2) is 5.97. The Morgan fingerprint density at radius 3 is 2.67 bits per heavy atom. The number of carbonyl (C=O) groups is 1. The van der Waals surface area contributed by atoms with E-state index in [0.29, 0.717) is 28.0 Å². The summed E-state index contributed by atoms with van der Waals surface area (Å²) in [5.74, 6) is 0. The van der Waals surface area contributed by atoms with E-state index >= 15 is 0 Å². The predicted molar refractivity (Wildman–Crippen MR) is 85.4 cm³/mol. The lowest BCUT2D eigenvalue weighted by atomic mass is 10.2. The number of carbonyl (C=O) groups excluding carboxylic acids is 1. The first-order valence-electron chi connectivity index (χ1n) is 6.52. The maximum Gasteiger partial charge on any atom is 0.410 e. The van der Waals surface area contributed by atoms with Gasteiger partial charge >= 0.3 is 6.09 Å². The van der Waals surface area contributed by atoms with Gasteiger partial charge in [0.1, 0.15) is 14.8 Å². The fourth-order valence-corrected chi connectivity index (χ4v) is 3.51. The lowest BCUT2D eigenvalue weighted by Crippen LogP contribution is -2.35. The quantitative estimate of drug-likeness (QED) is 0.642. The molecule has 114 valence electrons. The monoisotopic (exact) mass is 418 g/mol. The minimum Gasteiger partial charge on any atom is -0.444 e. The van der Waals surface area contributed by atoms with Gasteiger partial charge in [0.15, 0.2) is 0 Å². The van der Waals surface area contributed by atoms with Gasteiger partial charge in [-0.1, -0.05) is 0 Å². The number of ether oxygens (including phenoxy) is 1. The third-order valence-corrected chi connectivity index (χ3v) is 4.33. The predicted octanol–water partition coefficient (Wildman–Crippen LogP) is 4.14. The van der Waals surface area contributed by atoms with Gasteiger partial charge in [0.2, 0.25) is 0 Å². The van der Waals surface area contributed by atoms with Crippen LogP contribution in [0.2, 0.25) is 0 Å². The first-order valence-corrected chi connectivity index (χ1v) is 8.10. The molecule has 0 aliphatic carbocycles. The summed E-state index contributed by atoms with van der Waals surface area (Å²) in [5, 5.41) is 4.33. The van der Waals surface area contributed by atoms with Crippen molar-refractivity contribution in [3.63, 3.8) is 0 Å². The summed E-state index contributed by atoms with van der Waals surface area (Å²) >= 11 is 6.68. The fraction of sp³-hybridized carbons (Fsp3) is 0.615. The molecule has 1 aromatic heterocycles.